The Morgan fingerprint density at radius 3 is 2.55 bits per heavy atom. The molecule has 0 bridgehead atoms. The summed E-state index contributed by atoms with van der Waals surface area (Å²) in [5.41, 5.74) is 0. The lowest BCUT2D eigenvalue weighted by atomic mass is 10.0. The van der Waals surface area contributed by atoms with E-state index >= 15 is 0 Å². The van der Waals surface area contributed by atoms with Gasteiger partial charge >= 0.3 is 5.97 Å². The maximum absolute atomic E-state index is 12.3. The highest BCUT2D eigenvalue weighted by molar-refractivity contribution is 5.82. The molecule has 2 N–H and O–H groups in total. The van der Waals surface area contributed by atoms with Gasteiger partial charge in [0, 0.05) is 13.1 Å². The number of rotatable bonds is 5. The number of aliphatic carboxylic acids is 1. The van der Waals surface area contributed by atoms with Gasteiger partial charge in [-0.15, -0.1) is 0 Å². The van der Waals surface area contributed by atoms with Crippen LogP contribution in [0.2, 0.25) is 0 Å². The molecule has 2 aliphatic heterocycles. The number of carboxylic acid groups (broad SMARTS) is 1. The number of nitrogens with zero attached hydrogens (tertiary/aromatic N) is 1. The molecule has 6 nitrogen and oxygen atoms in total. The minimum atomic E-state index is -0.832. The number of carbonyl (C=O) groups is 2. The predicted octanol–water partition coefficient (Wildman–Crippen LogP) is 0.611. The lowest BCUT2D eigenvalue weighted by Gasteiger charge is -2.35. The second-order valence-electron chi connectivity index (χ2n) is 5.54. The smallest absolute Gasteiger partial charge is 0.305 e. The molecular formula is C14H24N2O4. The van der Waals surface area contributed by atoms with Crippen molar-refractivity contribution in [2.24, 2.45) is 0 Å². The molecule has 0 aliphatic carbocycles. The van der Waals surface area contributed by atoms with Crippen LogP contribution in [0.25, 0.3) is 0 Å². The summed E-state index contributed by atoms with van der Waals surface area (Å²) < 4.78 is 5.53. The fourth-order valence-electron chi connectivity index (χ4n) is 2.84. The number of carboxylic acids is 1. The summed E-state index contributed by atoms with van der Waals surface area (Å²) >= 11 is 0. The van der Waals surface area contributed by atoms with Gasteiger partial charge in [0.2, 0.25) is 5.91 Å². The van der Waals surface area contributed by atoms with Crippen molar-refractivity contribution in [2.45, 2.75) is 50.7 Å². The second kappa shape index (κ2) is 7.59. The number of piperidine rings is 2. The van der Waals surface area contributed by atoms with Gasteiger partial charge in [-0.3, -0.25) is 9.59 Å². The van der Waals surface area contributed by atoms with E-state index in [0.717, 1.165) is 51.7 Å². The predicted molar refractivity (Wildman–Crippen MR) is 73.4 cm³/mol. The fraction of sp³-hybridized carbons (Fsp3) is 0.857. The summed E-state index contributed by atoms with van der Waals surface area (Å²) in [6.45, 7) is 2.63. The molecule has 0 aromatic rings. The Balaban J connectivity index is 1.68. The Labute approximate surface area is 119 Å². The fourth-order valence-corrected chi connectivity index (χ4v) is 2.84. The lowest BCUT2D eigenvalue weighted by molar-refractivity contribution is -0.139. The van der Waals surface area contributed by atoms with E-state index < -0.39 is 5.97 Å². The summed E-state index contributed by atoms with van der Waals surface area (Å²) in [6.07, 6.45) is 4.97. The maximum Gasteiger partial charge on any atom is 0.305 e. The summed E-state index contributed by atoms with van der Waals surface area (Å²) in [5.74, 6) is -0.616. The second-order valence-corrected chi connectivity index (χ2v) is 5.54. The number of hydrogen-bond acceptors (Lipinski definition) is 4. The van der Waals surface area contributed by atoms with Crippen LogP contribution in [-0.4, -0.2) is 60.3 Å². The summed E-state index contributed by atoms with van der Waals surface area (Å²) in [6, 6.07) is -0.00627. The standard InChI is InChI=1S/C14H24N2O4/c17-13(18)6-10-20-11-4-8-16(9-5-11)14(19)12-3-1-2-7-15-12/h11-12,15H,1-10H2,(H,17,18)/t12-/m1/s1. The van der Waals surface area contributed by atoms with Crippen molar-refractivity contribution in [2.75, 3.05) is 26.2 Å². The van der Waals surface area contributed by atoms with Crippen LogP contribution in [0.5, 0.6) is 0 Å². The molecule has 114 valence electrons. The molecular weight excluding hydrogens is 260 g/mol. The van der Waals surface area contributed by atoms with E-state index in [-0.39, 0.29) is 31.1 Å². The van der Waals surface area contributed by atoms with Crippen molar-refractivity contribution in [3.63, 3.8) is 0 Å². The van der Waals surface area contributed by atoms with E-state index in [9.17, 15) is 9.59 Å². The third-order valence-corrected chi connectivity index (χ3v) is 4.03. The largest absolute Gasteiger partial charge is 0.481 e. The van der Waals surface area contributed by atoms with Gasteiger partial charge in [0.1, 0.15) is 0 Å². The first-order valence-electron chi connectivity index (χ1n) is 7.52. The van der Waals surface area contributed by atoms with Crippen molar-refractivity contribution in [1.29, 1.82) is 0 Å². The third kappa shape index (κ3) is 4.45. The average molecular weight is 284 g/mol. The van der Waals surface area contributed by atoms with Crippen molar-refractivity contribution >= 4 is 11.9 Å². The van der Waals surface area contributed by atoms with E-state index in [4.69, 9.17) is 9.84 Å². The number of nitrogens with one attached hydrogen (secondary N) is 1. The Kier molecular flexibility index (Phi) is 5.79. The van der Waals surface area contributed by atoms with Crippen LogP contribution in [0.1, 0.15) is 38.5 Å². The molecule has 2 fully saturated rings. The highest BCUT2D eigenvalue weighted by atomic mass is 16.5. The van der Waals surface area contributed by atoms with Crippen molar-refractivity contribution in [3.8, 4) is 0 Å². The number of ether oxygens (including phenoxy) is 1. The minimum absolute atomic E-state index is 0.00627. The van der Waals surface area contributed by atoms with Crippen LogP contribution in [0.4, 0.5) is 0 Å². The molecule has 6 heteroatoms. The van der Waals surface area contributed by atoms with E-state index in [1.165, 1.54) is 0 Å². The molecule has 0 aromatic carbocycles. The Hall–Kier alpha value is -1.14. The first-order valence-corrected chi connectivity index (χ1v) is 7.52. The zero-order chi connectivity index (χ0) is 14.4. The number of amides is 1. The van der Waals surface area contributed by atoms with Gasteiger partial charge in [0.15, 0.2) is 0 Å². The highest BCUT2D eigenvalue weighted by Gasteiger charge is 2.29. The number of hydrogen-bond donors (Lipinski definition) is 2. The van der Waals surface area contributed by atoms with Gasteiger partial charge in [-0.05, 0) is 32.2 Å². The van der Waals surface area contributed by atoms with Crippen molar-refractivity contribution < 1.29 is 19.4 Å². The van der Waals surface area contributed by atoms with Gasteiger partial charge in [-0.25, -0.2) is 0 Å². The lowest BCUT2D eigenvalue weighted by Crippen LogP contribution is -2.51. The van der Waals surface area contributed by atoms with Gasteiger partial charge in [-0.2, -0.15) is 0 Å². The van der Waals surface area contributed by atoms with E-state index in [1.54, 1.807) is 0 Å². The average Bonchev–Trinajstić information content (AvgIpc) is 2.48. The van der Waals surface area contributed by atoms with Crippen molar-refractivity contribution in [3.05, 3.63) is 0 Å². The van der Waals surface area contributed by atoms with Gasteiger partial charge in [-0.1, -0.05) is 6.42 Å². The van der Waals surface area contributed by atoms with Gasteiger partial charge < -0.3 is 20.1 Å². The molecule has 2 rings (SSSR count). The zero-order valence-electron chi connectivity index (χ0n) is 11.8. The Morgan fingerprint density at radius 1 is 1.20 bits per heavy atom. The van der Waals surface area contributed by atoms with Crippen molar-refractivity contribution in [1.82, 2.24) is 10.2 Å². The first kappa shape index (κ1) is 15.3. The van der Waals surface area contributed by atoms with Crippen LogP contribution in [0, 0.1) is 0 Å². The van der Waals surface area contributed by atoms with E-state index in [0.29, 0.717) is 0 Å². The van der Waals surface area contributed by atoms with Crippen LogP contribution in [-0.2, 0) is 14.3 Å². The van der Waals surface area contributed by atoms with Crippen LogP contribution in [0.15, 0.2) is 0 Å². The summed E-state index contributed by atoms with van der Waals surface area (Å²) in [7, 11) is 0. The molecule has 1 amide bonds. The van der Waals surface area contributed by atoms with E-state index in [2.05, 4.69) is 5.32 Å². The Morgan fingerprint density at radius 2 is 1.95 bits per heavy atom. The molecule has 20 heavy (non-hydrogen) atoms. The molecule has 2 aliphatic rings. The Bertz CT molecular complexity index is 334. The number of likely N-dealkylation sites (tertiary alicyclic amines) is 1. The SMILES string of the molecule is O=C(O)CCOC1CCN(C(=O)[C@H]2CCCCN2)CC1. The van der Waals surface area contributed by atoms with Crippen LogP contribution < -0.4 is 5.32 Å². The van der Waals surface area contributed by atoms with E-state index in [1.807, 2.05) is 4.90 Å². The molecule has 2 saturated heterocycles. The van der Waals surface area contributed by atoms with Crippen LogP contribution >= 0.6 is 0 Å². The zero-order valence-corrected chi connectivity index (χ0v) is 11.8. The monoisotopic (exact) mass is 284 g/mol. The summed E-state index contributed by atoms with van der Waals surface area (Å²) in [4.78, 5) is 24.6. The topological polar surface area (TPSA) is 78.9 Å². The van der Waals surface area contributed by atoms with Gasteiger partial charge in [0.05, 0.1) is 25.2 Å². The quantitative estimate of drug-likeness (QED) is 0.773. The molecule has 0 unspecified atom stereocenters. The maximum atomic E-state index is 12.3. The third-order valence-electron chi connectivity index (χ3n) is 4.03. The molecule has 0 spiro atoms. The summed E-state index contributed by atoms with van der Waals surface area (Å²) in [5, 5.41) is 11.8. The minimum Gasteiger partial charge on any atom is -0.481 e. The van der Waals surface area contributed by atoms with Crippen LogP contribution in [0.3, 0.4) is 0 Å². The molecule has 1 atom stereocenters. The molecule has 0 radical (unpaired) electrons. The highest BCUT2D eigenvalue weighted by Crippen LogP contribution is 2.17. The first-order chi connectivity index (χ1) is 9.66. The molecule has 0 saturated carbocycles. The normalized spacial score (nSPS) is 24.6. The van der Waals surface area contributed by atoms with Gasteiger partial charge in [0.25, 0.3) is 0 Å². The molecule has 2 heterocycles. The molecule has 0 aromatic heterocycles. The number of carbonyl (C=O) groups excluding carboxylic acids is 1.